The molecule has 146 valence electrons. The number of hydrogen-bond acceptors (Lipinski definition) is 4. The second kappa shape index (κ2) is 8.72. The van der Waals surface area contributed by atoms with Crippen molar-refractivity contribution in [2.75, 3.05) is 32.6 Å². The molecular weight excluding hydrogens is 350 g/mol. The van der Waals surface area contributed by atoms with Gasteiger partial charge in [-0.2, -0.15) is 0 Å². The molecule has 2 atom stereocenters. The van der Waals surface area contributed by atoms with Gasteiger partial charge in [0.25, 0.3) is 0 Å². The molecule has 5 nitrogen and oxygen atoms in total. The zero-order valence-electron chi connectivity index (χ0n) is 15.9. The van der Waals surface area contributed by atoms with Gasteiger partial charge in [0.15, 0.2) is 0 Å². The van der Waals surface area contributed by atoms with E-state index in [-0.39, 0.29) is 17.6 Å². The van der Waals surface area contributed by atoms with Crippen molar-refractivity contribution in [1.82, 2.24) is 4.31 Å². The molecular formula is C20H31NO4S. The molecule has 1 saturated carbocycles. The Labute approximate surface area is 157 Å². The van der Waals surface area contributed by atoms with Crippen LogP contribution in [0.25, 0.3) is 0 Å². The lowest BCUT2D eigenvalue weighted by Crippen LogP contribution is -2.34. The van der Waals surface area contributed by atoms with E-state index in [2.05, 4.69) is 0 Å². The molecule has 3 rings (SSSR count). The summed E-state index contributed by atoms with van der Waals surface area (Å²) in [4.78, 5) is 0. The number of rotatable bonds is 8. The molecule has 0 amide bonds. The van der Waals surface area contributed by atoms with Crippen molar-refractivity contribution >= 4 is 10.0 Å². The SMILES string of the molecule is COc1ccc([C@H]2CCN(S(=O)(=O)C[C@@H](C)COC3CCCC3)C2)cc1. The van der Waals surface area contributed by atoms with Crippen LogP contribution in [0.5, 0.6) is 5.75 Å². The highest BCUT2D eigenvalue weighted by Crippen LogP contribution is 2.30. The number of ether oxygens (including phenoxy) is 2. The number of nitrogens with zero attached hydrogens (tertiary/aromatic N) is 1. The van der Waals surface area contributed by atoms with Crippen molar-refractivity contribution in [3.8, 4) is 5.75 Å². The van der Waals surface area contributed by atoms with Crippen LogP contribution < -0.4 is 4.74 Å². The van der Waals surface area contributed by atoms with Crippen LogP contribution in [0, 0.1) is 5.92 Å². The van der Waals surface area contributed by atoms with Gasteiger partial charge in [-0.1, -0.05) is 31.9 Å². The normalized spacial score (nSPS) is 23.4. The Kier molecular flexibility index (Phi) is 6.59. The van der Waals surface area contributed by atoms with Crippen molar-refractivity contribution in [3.05, 3.63) is 29.8 Å². The minimum Gasteiger partial charge on any atom is -0.497 e. The topological polar surface area (TPSA) is 55.8 Å². The first-order chi connectivity index (χ1) is 12.5. The third-order valence-corrected chi connectivity index (χ3v) is 7.65. The Morgan fingerprint density at radius 1 is 1.15 bits per heavy atom. The maximum atomic E-state index is 12.8. The second-order valence-corrected chi connectivity index (χ2v) is 9.75. The van der Waals surface area contributed by atoms with Gasteiger partial charge in [-0.3, -0.25) is 0 Å². The standard InChI is InChI=1S/C20H31NO4S/c1-16(14-25-20-5-3-4-6-20)15-26(22,23)21-12-11-18(13-21)17-7-9-19(24-2)10-8-17/h7-10,16,18,20H,3-6,11-15H2,1-2H3/t16-,18-/m0/s1. The van der Waals surface area contributed by atoms with Gasteiger partial charge in [0.1, 0.15) is 5.75 Å². The Morgan fingerprint density at radius 3 is 2.50 bits per heavy atom. The minimum absolute atomic E-state index is 0.0284. The van der Waals surface area contributed by atoms with Gasteiger partial charge < -0.3 is 9.47 Å². The lowest BCUT2D eigenvalue weighted by atomic mass is 9.99. The fraction of sp³-hybridized carbons (Fsp3) is 0.700. The Hall–Kier alpha value is -1.11. The maximum Gasteiger partial charge on any atom is 0.214 e. The molecule has 1 aliphatic heterocycles. The zero-order valence-corrected chi connectivity index (χ0v) is 16.7. The molecule has 0 N–H and O–H groups in total. The lowest BCUT2D eigenvalue weighted by Gasteiger charge is -2.21. The van der Waals surface area contributed by atoms with Gasteiger partial charge in [-0.05, 0) is 48.8 Å². The summed E-state index contributed by atoms with van der Waals surface area (Å²) in [6.07, 6.45) is 5.92. The summed E-state index contributed by atoms with van der Waals surface area (Å²) in [6.45, 7) is 3.70. The van der Waals surface area contributed by atoms with Crippen molar-refractivity contribution in [1.29, 1.82) is 0 Å². The average molecular weight is 382 g/mol. The van der Waals surface area contributed by atoms with E-state index in [1.165, 1.54) is 18.4 Å². The summed E-state index contributed by atoms with van der Waals surface area (Å²) in [5, 5.41) is 0. The third-order valence-electron chi connectivity index (χ3n) is 5.55. The molecule has 1 saturated heterocycles. The molecule has 0 bridgehead atoms. The van der Waals surface area contributed by atoms with E-state index in [1.807, 2.05) is 31.2 Å². The summed E-state index contributed by atoms with van der Waals surface area (Å²) in [7, 11) is -1.58. The fourth-order valence-corrected chi connectivity index (χ4v) is 5.81. The molecule has 0 spiro atoms. The predicted molar refractivity (Wildman–Crippen MR) is 103 cm³/mol. The van der Waals surface area contributed by atoms with Gasteiger partial charge in [0.05, 0.1) is 25.6 Å². The number of methoxy groups -OCH3 is 1. The molecule has 26 heavy (non-hydrogen) atoms. The lowest BCUT2D eigenvalue weighted by molar-refractivity contribution is 0.0411. The highest BCUT2D eigenvalue weighted by Gasteiger charge is 2.33. The van der Waals surface area contributed by atoms with Crippen LogP contribution in [0.15, 0.2) is 24.3 Å². The average Bonchev–Trinajstić information content (AvgIpc) is 3.32. The van der Waals surface area contributed by atoms with Gasteiger partial charge in [-0.25, -0.2) is 12.7 Å². The monoisotopic (exact) mass is 381 g/mol. The van der Waals surface area contributed by atoms with E-state index >= 15 is 0 Å². The number of hydrogen-bond donors (Lipinski definition) is 0. The molecule has 0 unspecified atom stereocenters. The second-order valence-electron chi connectivity index (χ2n) is 7.74. The van der Waals surface area contributed by atoms with Gasteiger partial charge in [0, 0.05) is 13.1 Å². The van der Waals surface area contributed by atoms with Crippen LogP contribution in [0.3, 0.4) is 0 Å². The van der Waals surface area contributed by atoms with Crippen LogP contribution in [0.2, 0.25) is 0 Å². The summed E-state index contributed by atoms with van der Waals surface area (Å²) in [5.74, 6) is 1.29. The summed E-state index contributed by atoms with van der Waals surface area (Å²) < 4.78 is 38.3. The largest absolute Gasteiger partial charge is 0.497 e. The smallest absolute Gasteiger partial charge is 0.214 e. The summed E-state index contributed by atoms with van der Waals surface area (Å²) in [5.41, 5.74) is 1.18. The van der Waals surface area contributed by atoms with Crippen LogP contribution >= 0.6 is 0 Å². The molecule has 1 aromatic rings. The Morgan fingerprint density at radius 2 is 1.85 bits per heavy atom. The van der Waals surface area contributed by atoms with Gasteiger partial charge in [-0.15, -0.1) is 0 Å². The molecule has 2 fully saturated rings. The quantitative estimate of drug-likeness (QED) is 0.692. The van der Waals surface area contributed by atoms with Crippen LogP contribution in [-0.4, -0.2) is 51.4 Å². The highest BCUT2D eigenvalue weighted by molar-refractivity contribution is 7.89. The first-order valence-electron chi connectivity index (χ1n) is 9.71. The van der Waals surface area contributed by atoms with Gasteiger partial charge in [0.2, 0.25) is 10.0 Å². The predicted octanol–water partition coefficient (Wildman–Crippen LogP) is 3.41. The molecule has 1 aliphatic carbocycles. The first-order valence-corrected chi connectivity index (χ1v) is 11.3. The first kappa shape index (κ1) is 19.6. The van der Waals surface area contributed by atoms with Crippen molar-refractivity contribution in [2.45, 2.75) is 51.0 Å². The fourth-order valence-electron chi connectivity index (χ4n) is 4.00. The third kappa shape index (κ3) is 4.99. The maximum absolute atomic E-state index is 12.8. The molecule has 0 aromatic heterocycles. The molecule has 0 radical (unpaired) electrons. The van der Waals surface area contributed by atoms with E-state index in [4.69, 9.17) is 9.47 Å². The van der Waals surface area contributed by atoms with E-state index in [0.29, 0.717) is 25.8 Å². The minimum atomic E-state index is -3.23. The summed E-state index contributed by atoms with van der Waals surface area (Å²) >= 11 is 0. The van der Waals surface area contributed by atoms with Crippen LogP contribution in [0.1, 0.15) is 50.5 Å². The molecule has 6 heteroatoms. The van der Waals surface area contributed by atoms with E-state index in [1.54, 1.807) is 11.4 Å². The van der Waals surface area contributed by atoms with Crippen molar-refractivity contribution in [3.63, 3.8) is 0 Å². The van der Waals surface area contributed by atoms with Gasteiger partial charge >= 0.3 is 0 Å². The van der Waals surface area contributed by atoms with Crippen LogP contribution in [0.4, 0.5) is 0 Å². The number of sulfonamides is 1. The van der Waals surface area contributed by atoms with E-state index < -0.39 is 10.0 Å². The highest BCUT2D eigenvalue weighted by atomic mass is 32.2. The molecule has 2 aliphatic rings. The van der Waals surface area contributed by atoms with Crippen molar-refractivity contribution in [2.24, 2.45) is 5.92 Å². The molecule has 1 heterocycles. The van der Waals surface area contributed by atoms with E-state index in [9.17, 15) is 8.42 Å². The Balaban J connectivity index is 1.50. The number of benzene rings is 1. The van der Waals surface area contributed by atoms with Crippen LogP contribution in [-0.2, 0) is 14.8 Å². The molecule has 1 aromatic carbocycles. The summed E-state index contributed by atoms with van der Waals surface area (Å²) in [6, 6.07) is 7.96. The zero-order chi connectivity index (χ0) is 18.6. The Bertz CT molecular complexity index is 668. The van der Waals surface area contributed by atoms with E-state index in [0.717, 1.165) is 25.0 Å². The van der Waals surface area contributed by atoms with Crippen molar-refractivity contribution < 1.29 is 17.9 Å².